The normalized spacial score (nSPS) is 11.0. The molecule has 16 heavy (non-hydrogen) atoms. The predicted octanol–water partition coefficient (Wildman–Crippen LogP) is 2.85. The van der Waals surface area contributed by atoms with E-state index in [1.807, 2.05) is 13.0 Å². The first-order chi connectivity index (χ1) is 7.70. The van der Waals surface area contributed by atoms with Gasteiger partial charge in [-0.2, -0.15) is 0 Å². The van der Waals surface area contributed by atoms with Gasteiger partial charge >= 0.3 is 5.97 Å². The van der Waals surface area contributed by atoms with Gasteiger partial charge in [0, 0.05) is 12.4 Å². The van der Waals surface area contributed by atoms with Crippen LogP contribution in [0.3, 0.4) is 0 Å². The molecule has 0 saturated carbocycles. The lowest BCUT2D eigenvalue weighted by Crippen LogP contribution is -2.07. The molecular formula is C13H15NO2. The molecule has 0 aliphatic rings. The second-order valence-electron chi connectivity index (χ2n) is 3.23. The summed E-state index contributed by atoms with van der Waals surface area (Å²) in [7, 11) is 0. The zero-order valence-corrected chi connectivity index (χ0v) is 9.56. The van der Waals surface area contributed by atoms with E-state index in [2.05, 4.69) is 11.6 Å². The quantitative estimate of drug-likeness (QED) is 0.575. The maximum atomic E-state index is 11.7. The first kappa shape index (κ1) is 12.2. The molecule has 0 bridgehead atoms. The van der Waals surface area contributed by atoms with Crippen molar-refractivity contribution in [2.45, 2.75) is 13.8 Å². The van der Waals surface area contributed by atoms with Crippen molar-refractivity contribution in [3.05, 3.63) is 48.3 Å². The molecule has 1 heterocycles. The lowest BCUT2D eigenvalue weighted by molar-refractivity contribution is 0.0525. The number of pyridine rings is 1. The van der Waals surface area contributed by atoms with Crippen LogP contribution in [0, 0.1) is 0 Å². The highest BCUT2D eigenvalue weighted by atomic mass is 16.5. The highest BCUT2D eigenvalue weighted by Crippen LogP contribution is 2.18. The van der Waals surface area contributed by atoms with Crippen molar-refractivity contribution in [1.29, 1.82) is 0 Å². The van der Waals surface area contributed by atoms with Crippen molar-refractivity contribution >= 4 is 11.5 Å². The van der Waals surface area contributed by atoms with Gasteiger partial charge in [0.25, 0.3) is 0 Å². The summed E-state index contributed by atoms with van der Waals surface area (Å²) in [6, 6.07) is 1.79. The van der Waals surface area contributed by atoms with Crippen LogP contribution in [-0.4, -0.2) is 17.6 Å². The van der Waals surface area contributed by atoms with Crippen molar-refractivity contribution in [1.82, 2.24) is 4.98 Å². The highest BCUT2D eigenvalue weighted by Gasteiger charge is 2.12. The minimum atomic E-state index is -0.345. The van der Waals surface area contributed by atoms with Crippen molar-refractivity contribution in [3.8, 4) is 0 Å². The molecule has 0 radical (unpaired) electrons. The van der Waals surface area contributed by atoms with Crippen molar-refractivity contribution in [3.63, 3.8) is 0 Å². The molecule has 0 N–H and O–H groups in total. The zero-order valence-electron chi connectivity index (χ0n) is 9.56. The van der Waals surface area contributed by atoms with Gasteiger partial charge in [-0.15, -0.1) is 0 Å². The zero-order chi connectivity index (χ0) is 12.0. The Kier molecular flexibility index (Phi) is 4.45. The molecule has 0 aromatic carbocycles. The second kappa shape index (κ2) is 5.85. The molecule has 0 unspecified atom stereocenters. The number of nitrogens with zero attached hydrogens (tertiary/aromatic N) is 1. The minimum Gasteiger partial charge on any atom is -0.462 e. The summed E-state index contributed by atoms with van der Waals surface area (Å²) in [4.78, 5) is 15.6. The Morgan fingerprint density at radius 3 is 2.94 bits per heavy atom. The summed E-state index contributed by atoms with van der Waals surface area (Å²) < 4.78 is 4.96. The van der Waals surface area contributed by atoms with Crippen molar-refractivity contribution < 1.29 is 9.53 Å². The topological polar surface area (TPSA) is 39.2 Å². The van der Waals surface area contributed by atoms with Crippen LogP contribution >= 0.6 is 0 Å². The molecule has 0 fully saturated rings. The van der Waals surface area contributed by atoms with Crippen molar-refractivity contribution in [2.24, 2.45) is 0 Å². The summed E-state index contributed by atoms with van der Waals surface area (Å²) in [5.41, 5.74) is 2.27. The van der Waals surface area contributed by atoms with E-state index in [0.717, 1.165) is 11.1 Å². The third-order valence-electron chi connectivity index (χ3n) is 2.11. The van der Waals surface area contributed by atoms with Crippen LogP contribution in [0.5, 0.6) is 0 Å². The summed E-state index contributed by atoms with van der Waals surface area (Å²) in [6.07, 6.45) is 6.70. The van der Waals surface area contributed by atoms with E-state index in [1.165, 1.54) is 6.20 Å². The van der Waals surface area contributed by atoms with Crippen molar-refractivity contribution in [2.75, 3.05) is 6.61 Å². The van der Waals surface area contributed by atoms with E-state index in [1.54, 1.807) is 25.3 Å². The highest BCUT2D eigenvalue weighted by molar-refractivity contribution is 5.95. The number of ether oxygens (including phenoxy) is 1. The van der Waals surface area contributed by atoms with Crippen LogP contribution in [0.4, 0.5) is 0 Å². The molecule has 0 spiro atoms. The maximum absolute atomic E-state index is 11.7. The van der Waals surface area contributed by atoms with Gasteiger partial charge < -0.3 is 4.74 Å². The Morgan fingerprint density at radius 1 is 1.56 bits per heavy atom. The fraction of sp³-hybridized carbons (Fsp3) is 0.231. The molecule has 84 valence electrons. The number of hydrogen-bond donors (Lipinski definition) is 0. The largest absolute Gasteiger partial charge is 0.462 e. The van der Waals surface area contributed by atoms with Crippen LogP contribution in [0.2, 0.25) is 0 Å². The third-order valence-corrected chi connectivity index (χ3v) is 2.11. The average Bonchev–Trinajstić information content (AvgIpc) is 2.30. The third kappa shape index (κ3) is 2.79. The Bertz CT molecular complexity index is 422. The van der Waals surface area contributed by atoms with Gasteiger partial charge in [0.2, 0.25) is 0 Å². The molecule has 3 heteroatoms. The van der Waals surface area contributed by atoms with Gasteiger partial charge in [0.05, 0.1) is 12.2 Å². The van der Waals surface area contributed by atoms with Gasteiger partial charge in [0.15, 0.2) is 0 Å². The van der Waals surface area contributed by atoms with E-state index in [9.17, 15) is 4.79 Å². The molecule has 0 amide bonds. The number of carbonyl (C=O) groups is 1. The minimum absolute atomic E-state index is 0.345. The molecule has 0 atom stereocenters. The molecule has 1 rings (SSSR count). The number of hydrogen-bond acceptors (Lipinski definition) is 3. The van der Waals surface area contributed by atoms with Gasteiger partial charge in [-0.3, -0.25) is 4.98 Å². The number of allylic oxidation sites excluding steroid dienone is 3. The summed E-state index contributed by atoms with van der Waals surface area (Å²) in [5.74, 6) is -0.345. The lowest BCUT2D eigenvalue weighted by atomic mass is 10.0. The van der Waals surface area contributed by atoms with Crippen LogP contribution in [-0.2, 0) is 4.74 Å². The number of esters is 1. The van der Waals surface area contributed by atoms with E-state index >= 15 is 0 Å². The van der Waals surface area contributed by atoms with E-state index in [4.69, 9.17) is 4.74 Å². The lowest BCUT2D eigenvalue weighted by Gasteiger charge is -2.07. The fourth-order valence-corrected chi connectivity index (χ4v) is 1.38. The van der Waals surface area contributed by atoms with E-state index in [-0.39, 0.29) is 5.97 Å². The van der Waals surface area contributed by atoms with Crippen LogP contribution in [0.25, 0.3) is 5.57 Å². The molecule has 0 aliphatic heterocycles. The molecule has 0 aliphatic carbocycles. The molecule has 3 nitrogen and oxygen atoms in total. The van der Waals surface area contributed by atoms with Gasteiger partial charge in [-0.05, 0) is 31.1 Å². The number of carbonyl (C=O) groups excluding carboxylic acids is 1. The van der Waals surface area contributed by atoms with E-state index < -0.39 is 0 Å². The standard InChI is InChI=1S/C13H15NO2/c1-4-6-10(3)11-7-8-14-9-12(11)13(15)16-5-2/h4,6-9H,1,5H2,2-3H3/b10-6+. The molecule has 1 aromatic heterocycles. The Hall–Kier alpha value is -1.90. The van der Waals surface area contributed by atoms with Gasteiger partial charge in [0.1, 0.15) is 0 Å². The van der Waals surface area contributed by atoms with Gasteiger partial charge in [-0.1, -0.05) is 18.7 Å². The summed E-state index contributed by atoms with van der Waals surface area (Å²) in [6.45, 7) is 7.68. The smallest absolute Gasteiger partial charge is 0.340 e. The second-order valence-corrected chi connectivity index (χ2v) is 3.23. The fourth-order valence-electron chi connectivity index (χ4n) is 1.38. The first-order valence-corrected chi connectivity index (χ1v) is 5.11. The van der Waals surface area contributed by atoms with Gasteiger partial charge in [-0.25, -0.2) is 4.79 Å². The van der Waals surface area contributed by atoms with Crippen LogP contribution < -0.4 is 0 Å². The molecular weight excluding hydrogens is 202 g/mol. The summed E-state index contributed by atoms with van der Waals surface area (Å²) in [5, 5.41) is 0. The molecule has 1 aromatic rings. The van der Waals surface area contributed by atoms with Crippen LogP contribution in [0.15, 0.2) is 37.2 Å². The van der Waals surface area contributed by atoms with Crippen LogP contribution in [0.1, 0.15) is 29.8 Å². The average molecular weight is 217 g/mol. The predicted molar refractivity (Wildman–Crippen MR) is 64.0 cm³/mol. The Morgan fingerprint density at radius 2 is 2.31 bits per heavy atom. The monoisotopic (exact) mass is 217 g/mol. The SMILES string of the molecule is C=C/C=C(\C)c1ccncc1C(=O)OCC. The Labute approximate surface area is 95.5 Å². The molecule has 0 saturated heterocycles. The van der Waals surface area contributed by atoms with E-state index in [0.29, 0.717) is 12.2 Å². The number of rotatable bonds is 4. The summed E-state index contributed by atoms with van der Waals surface area (Å²) >= 11 is 0. The Balaban J connectivity index is 3.14. The first-order valence-electron chi connectivity index (χ1n) is 5.11. The number of aromatic nitrogens is 1. The maximum Gasteiger partial charge on any atom is 0.340 e.